The van der Waals surface area contributed by atoms with Gasteiger partial charge in [0.05, 0.1) is 6.07 Å². The Bertz CT molecular complexity index is 511. The monoisotopic (exact) mass is 302 g/mol. The van der Waals surface area contributed by atoms with E-state index in [1.165, 1.54) is 6.42 Å². The van der Waals surface area contributed by atoms with Crippen LogP contribution in [0, 0.1) is 11.3 Å². The van der Waals surface area contributed by atoms with Crippen LogP contribution in [0.2, 0.25) is 0 Å². The maximum Gasteiger partial charge on any atom is 0.252 e. The summed E-state index contributed by atoms with van der Waals surface area (Å²) in [5.41, 5.74) is -0.0557. The first kappa shape index (κ1) is 15.9. The Morgan fingerprint density at radius 2 is 1.71 bits per heavy atom. The molecule has 0 saturated heterocycles. The van der Waals surface area contributed by atoms with E-state index in [9.17, 15) is 10.1 Å². The molecule has 1 saturated carbocycles. The van der Waals surface area contributed by atoms with Crippen molar-refractivity contribution in [2.45, 2.75) is 55.4 Å². The maximum absolute atomic E-state index is 12.4. The van der Waals surface area contributed by atoms with Crippen molar-refractivity contribution in [3.63, 3.8) is 0 Å². The molecule has 1 aliphatic rings. The summed E-state index contributed by atoms with van der Waals surface area (Å²) in [6.07, 6.45) is 9.11. The highest BCUT2D eigenvalue weighted by Gasteiger charge is 2.32. The van der Waals surface area contributed by atoms with E-state index in [1.807, 2.05) is 30.5 Å². The summed E-state index contributed by atoms with van der Waals surface area (Å²) in [5.74, 6) is -0.134. The van der Waals surface area contributed by atoms with Crippen molar-refractivity contribution >= 4 is 17.7 Å². The molecular formula is C17H22N2OS. The first-order valence-electron chi connectivity index (χ1n) is 7.57. The van der Waals surface area contributed by atoms with E-state index in [4.69, 9.17) is 0 Å². The molecule has 0 aliphatic heterocycles. The molecule has 4 heteroatoms. The summed E-state index contributed by atoms with van der Waals surface area (Å²) in [6, 6.07) is 9.91. The van der Waals surface area contributed by atoms with Crippen molar-refractivity contribution in [2.75, 3.05) is 6.26 Å². The largest absolute Gasteiger partial charge is 0.334 e. The lowest BCUT2D eigenvalue weighted by Gasteiger charge is -2.29. The van der Waals surface area contributed by atoms with Gasteiger partial charge in [0.25, 0.3) is 5.91 Å². The highest BCUT2D eigenvalue weighted by atomic mass is 32.2. The molecule has 0 radical (unpaired) electrons. The normalized spacial score (nSPS) is 18.1. The van der Waals surface area contributed by atoms with Crippen LogP contribution >= 0.6 is 11.8 Å². The van der Waals surface area contributed by atoms with Crippen molar-refractivity contribution in [3.8, 4) is 6.07 Å². The zero-order valence-corrected chi connectivity index (χ0v) is 13.3. The molecule has 1 aromatic carbocycles. The fraction of sp³-hybridized carbons (Fsp3) is 0.529. The minimum Gasteiger partial charge on any atom is -0.334 e. The van der Waals surface area contributed by atoms with Gasteiger partial charge in [0.1, 0.15) is 5.54 Å². The predicted octanol–water partition coefficient (Wildman–Crippen LogP) is 4.14. The number of carbonyl (C=O) groups excluding carboxylic acids is 1. The molecule has 0 atom stereocenters. The minimum absolute atomic E-state index is 0.134. The van der Waals surface area contributed by atoms with Crippen LogP contribution in [0.15, 0.2) is 29.2 Å². The zero-order chi connectivity index (χ0) is 15.1. The van der Waals surface area contributed by atoms with E-state index < -0.39 is 5.54 Å². The highest BCUT2D eigenvalue weighted by molar-refractivity contribution is 7.98. The molecule has 3 nitrogen and oxygen atoms in total. The second kappa shape index (κ2) is 7.51. The van der Waals surface area contributed by atoms with E-state index in [1.54, 1.807) is 11.8 Å². The third kappa shape index (κ3) is 4.25. The second-order valence-electron chi connectivity index (χ2n) is 5.64. The molecule has 0 unspecified atom stereocenters. The lowest BCUT2D eigenvalue weighted by molar-refractivity contribution is 0.0907. The van der Waals surface area contributed by atoms with Crippen molar-refractivity contribution in [1.82, 2.24) is 5.32 Å². The van der Waals surface area contributed by atoms with Crippen LogP contribution in [0.5, 0.6) is 0 Å². The zero-order valence-electron chi connectivity index (χ0n) is 12.5. The number of rotatable bonds is 3. The average Bonchev–Trinajstić information content (AvgIpc) is 2.50. The van der Waals surface area contributed by atoms with Gasteiger partial charge in [-0.25, -0.2) is 0 Å². The molecule has 1 N–H and O–H groups in total. The van der Waals surface area contributed by atoms with Gasteiger partial charge in [0.2, 0.25) is 0 Å². The number of benzene rings is 1. The van der Waals surface area contributed by atoms with Gasteiger partial charge in [0, 0.05) is 10.5 Å². The molecule has 0 heterocycles. The summed E-state index contributed by atoms with van der Waals surface area (Å²) < 4.78 is 0. The summed E-state index contributed by atoms with van der Waals surface area (Å²) in [5, 5.41) is 12.6. The van der Waals surface area contributed by atoms with Crippen LogP contribution in [0.4, 0.5) is 0 Å². The highest BCUT2D eigenvalue weighted by Crippen LogP contribution is 2.26. The van der Waals surface area contributed by atoms with E-state index in [-0.39, 0.29) is 5.91 Å². The molecule has 1 fully saturated rings. The van der Waals surface area contributed by atoms with Crippen LogP contribution in [-0.4, -0.2) is 17.7 Å². The summed E-state index contributed by atoms with van der Waals surface area (Å²) in [4.78, 5) is 13.5. The van der Waals surface area contributed by atoms with Crippen LogP contribution in [0.25, 0.3) is 0 Å². The van der Waals surface area contributed by atoms with Crippen molar-refractivity contribution in [3.05, 3.63) is 29.8 Å². The molecule has 1 amide bonds. The topological polar surface area (TPSA) is 52.9 Å². The standard InChI is InChI=1S/C17H22N2OS/c1-21-15-9-7-14(8-10-15)16(20)19-17(13-18)11-5-3-2-4-6-12-17/h7-10H,2-6,11-12H2,1H3,(H,19,20). The van der Waals surface area contributed by atoms with Crippen LogP contribution < -0.4 is 5.32 Å². The van der Waals surface area contributed by atoms with E-state index in [0.717, 1.165) is 43.4 Å². The quantitative estimate of drug-likeness (QED) is 0.854. The number of hydrogen-bond donors (Lipinski definition) is 1. The maximum atomic E-state index is 12.4. The fourth-order valence-electron chi connectivity index (χ4n) is 2.81. The van der Waals surface area contributed by atoms with Gasteiger partial charge in [-0.05, 0) is 43.4 Å². The first-order chi connectivity index (χ1) is 10.2. The van der Waals surface area contributed by atoms with Gasteiger partial charge in [-0.1, -0.05) is 32.1 Å². The van der Waals surface area contributed by atoms with Crippen molar-refractivity contribution < 1.29 is 4.79 Å². The lowest BCUT2D eigenvalue weighted by Crippen LogP contribution is -2.47. The van der Waals surface area contributed by atoms with Crippen LogP contribution in [0.3, 0.4) is 0 Å². The SMILES string of the molecule is CSc1ccc(C(=O)NC2(C#N)CCCCCCC2)cc1. The number of thioether (sulfide) groups is 1. The Hall–Kier alpha value is -1.47. The summed E-state index contributed by atoms with van der Waals surface area (Å²) in [7, 11) is 0. The third-order valence-corrected chi connectivity index (χ3v) is 4.87. The Labute approximate surface area is 131 Å². The van der Waals surface area contributed by atoms with Crippen LogP contribution in [-0.2, 0) is 0 Å². The number of nitriles is 1. The van der Waals surface area contributed by atoms with Gasteiger partial charge < -0.3 is 5.32 Å². The summed E-state index contributed by atoms with van der Waals surface area (Å²) in [6.45, 7) is 0. The van der Waals surface area contributed by atoms with Gasteiger partial charge in [-0.2, -0.15) is 5.26 Å². The molecule has 1 aliphatic carbocycles. The van der Waals surface area contributed by atoms with Crippen LogP contribution in [0.1, 0.15) is 55.3 Å². The van der Waals surface area contributed by atoms with Gasteiger partial charge >= 0.3 is 0 Å². The van der Waals surface area contributed by atoms with E-state index in [0.29, 0.717) is 5.56 Å². The summed E-state index contributed by atoms with van der Waals surface area (Å²) >= 11 is 1.65. The van der Waals surface area contributed by atoms with Crippen molar-refractivity contribution in [1.29, 1.82) is 5.26 Å². The molecule has 1 aromatic rings. The molecule has 21 heavy (non-hydrogen) atoms. The molecule has 2 rings (SSSR count). The number of hydrogen-bond acceptors (Lipinski definition) is 3. The molecular weight excluding hydrogens is 280 g/mol. The van der Waals surface area contributed by atoms with E-state index in [2.05, 4.69) is 11.4 Å². The minimum atomic E-state index is -0.685. The Morgan fingerprint density at radius 1 is 1.14 bits per heavy atom. The van der Waals surface area contributed by atoms with Gasteiger partial charge in [0.15, 0.2) is 0 Å². The van der Waals surface area contributed by atoms with Gasteiger partial charge in [-0.3, -0.25) is 4.79 Å². The smallest absolute Gasteiger partial charge is 0.252 e. The Kier molecular flexibility index (Phi) is 5.69. The Balaban J connectivity index is 2.08. The predicted molar refractivity (Wildman–Crippen MR) is 86.4 cm³/mol. The number of nitrogens with zero attached hydrogens (tertiary/aromatic N) is 1. The average molecular weight is 302 g/mol. The Morgan fingerprint density at radius 3 is 2.24 bits per heavy atom. The third-order valence-electron chi connectivity index (χ3n) is 4.13. The second-order valence-corrected chi connectivity index (χ2v) is 6.52. The number of carbonyl (C=O) groups is 1. The number of nitrogens with one attached hydrogen (secondary N) is 1. The molecule has 0 spiro atoms. The molecule has 0 aromatic heterocycles. The molecule has 112 valence electrons. The first-order valence-corrected chi connectivity index (χ1v) is 8.79. The van der Waals surface area contributed by atoms with E-state index >= 15 is 0 Å². The fourth-order valence-corrected chi connectivity index (χ4v) is 3.21. The molecule has 0 bridgehead atoms. The lowest BCUT2D eigenvalue weighted by atomic mass is 9.85. The van der Waals surface area contributed by atoms with Gasteiger partial charge in [-0.15, -0.1) is 11.8 Å². The number of amides is 1. The van der Waals surface area contributed by atoms with Crippen molar-refractivity contribution in [2.24, 2.45) is 0 Å².